The molecule has 7 heteroatoms. The molecule has 6 fully saturated rings. The van der Waals surface area contributed by atoms with E-state index in [4.69, 9.17) is 0 Å². The van der Waals surface area contributed by atoms with Crippen LogP contribution in [0.3, 0.4) is 0 Å². The minimum atomic E-state index is -0.139. The number of hydrogen-bond donors (Lipinski definition) is 1. The fourth-order valence-electron chi connectivity index (χ4n) is 11.1. The number of aliphatic hydroxyl groups is 1. The fraction of sp³-hybridized carbons (Fsp3) is 1.00. The molecule has 0 radical (unpaired) electrons. The predicted octanol–water partition coefficient (Wildman–Crippen LogP) is 4.76. The van der Waals surface area contributed by atoms with Crippen LogP contribution in [-0.2, 0) is 0 Å². The van der Waals surface area contributed by atoms with Gasteiger partial charge in [0.25, 0.3) is 0 Å². The second kappa shape index (κ2) is 16.8. The second-order valence-electron chi connectivity index (χ2n) is 18.3. The van der Waals surface area contributed by atoms with Gasteiger partial charge < -0.3 is 29.6 Å². The van der Waals surface area contributed by atoms with Gasteiger partial charge in [0.05, 0.1) is 6.10 Å². The summed E-state index contributed by atoms with van der Waals surface area (Å²) in [5.74, 6) is 6.30. The molecule has 1 N–H and O–H groups in total. The standard InChI is InChI=1S/C40H76N6O/c1-6-7-37(47)29-46-24-22-45(23-25-46)28-36-26-40(36,3)35-13-20-43(21-14-35)27-34-12-17-42(5)30-39(34)38-31-44(18-8-32(38)2)19-11-33-9-15-41(4)16-10-33/h32-39,47H,6-31H2,1-5H3/t32-,34?,36?,37?,38?,39?,40+/m1/s1. The minimum Gasteiger partial charge on any atom is -0.392 e. The van der Waals surface area contributed by atoms with Crippen molar-refractivity contribution in [1.29, 1.82) is 0 Å². The Morgan fingerprint density at radius 1 is 0.702 bits per heavy atom. The Morgan fingerprint density at radius 3 is 2.09 bits per heavy atom. The maximum atomic E-state index is 10.2. The largest absolute Gasteiger partial charge is 0.392 e. The molecule has 6 aliphatic rings. The molecule has 272 valence electrons. The lowest BCUT2D eigenvalue weighted by Crippen LogP contribution is -2.52. The molecule has 7 atom stereocenters. The third kappa shape index (κ3) is 9.74. The van der Waals surface area contributed by atoms with E-state index in [9.17, 15) is 5.11 Å². The van der Waals surface area contributed by atoms with E-state index >= 15 is 0 Å². The van der Waals surface area contributed by atoms with Crippen LogP contribution in [0.15, 0.2) is 0 Å². The second-order valence-corrected chi connectivity index (χ2v) is 18.3. The zero-order valence-corrected chi connectivity index (χ0v) is 31.6. The lowest BCUT2D eigenvalue weighted by Gasteiger charge is -2.49. The molecule has 0 aromatic carbocycles. The summed E-state index contributed by atoms with van der Waals surface area (Å²) in [5.41, 5.74) is 0.588. The molecule has 0 bridgehead atoms. The van der Waals surface area contributed by atoms with Crippen LogP contribution in [-0.4, -0.2) is 159 Å². The van der Waals surface area contributed by atoms with Gasteiger partial charge in [0.2, 0.25) is 0 Å². The third-order valence-corrected chi connectivity index (χ3v) is 14.9. The summed E-state index contributed by atoms with van der Waals surface area (Å²) in [7, 11) is 4.69. The first-order valence-corrected chi connectivity index (χ1v) is 20.6. The van der Waals surface area contributed by atoms with E-state index in [0.717, 1.165) is 73.9 Å². The first-order valence-electron chi connectivity index (χ1n) is 20.6. The normalized spacial score (nSPS) is 37.8. The van der Waals surface area contributed by atoms with Crippen LogP contribution in [0.1, 0.15) is 85.0 Å². The van der Waals surface area contributed by atoms with Crippen LogP contribution in [0.4, 0.5) is 0 Å². The molecule has 5 heterocycles. The van der Waals surface area contributed by atoms with Gasteiger partial charge >= 0.3 is 0 Å². The van der Waals surface area contributed by atoms with Gasteiger partial charge in [-0.25, -0.2) is 0 Å². The molecule has 5 aliphatic heterocycles. The summed E-state index contributed by atoms with van der Waals surface area (Å²) in [6.07, 6.45) is 13.3. The van der Waals surface area contributed by atoms with Gasteiger partial charge in [-0.1, -0.05) is 27.2 Å². The van der Waals surface area contributed by atoms with Gasteiger partial charge in [-0.15, -0.1) is 0 Å². The minimum absolute atomic E-state index is 0.139. The molecule has 7 nitrogen and oxygen atoms in total. The van der Waals surface area contributed by atoms with Gasteiger partial charge in [-0.3, -0.25) is 4.90 Å². The molecule has 1 saturated carbocycles. The molecule has 6 rings (SSSR count). The molecule has 1 aliphatic carbocycles. The molecule has 5 unspecified atom stereocenters. The zero-order valence-electron chi connectivity index (χ0n) is 31.6. The maximum Gasteiger partial charge on any atom is 0.0667 e. The van der Waals surface area contributed by atoms with Crippen LogP contribution in [0, 0.1) is 46.8 Å². The number of piperidine rings is 4. The van der Waals surface area contributed by atoms with Crippen molar-refractivity contribution in [2.75, 3.05) is 119 Å². The van der Waals surface area contributed by atoms with E-state index in [1.54, 1.807) is 0 Å². The van der Waals surface area contributed by atoms with Crippen LogP contribution in [0.2, 0.25) is 0 Å². The van der Waals surface area contributed by atoms with Gasteiger partial charge in [-0.05, 0) is 165 Å². The summed E-state index contributed by atoms with van der Waals surface area (Å²) in [6, 6.07) is 0. The Labute approximate surface area is 290 Å². The van der Waals surface area contributed by atoms with Crippen LogP contribution >= 0.6 is 0 Å². The molecule has 47 heavy (non-hydrogen) atoms. The first-order chi connectivity index (χ1) is 22.7. The lowest BCUT2D eigenvalue weighted by molar-refractivity contribution is 0.000625. The number of piperazine rings is 1. The van der Waals surface area contributed by atoms with Crippen molar-refractivity contribution in [2.24, 2.45) is 46.8 Å². The van der Waals surface area contributed by atoms with Gasteiger partial charge in [0.15, 0.2) is 0 Å². The Hall–Kier alpha value is -0.280. The van der Waals surface area contributed by atoms with E-state index < -0.39 is 0 Å². The van der Waals surface area contributed by atoms with Gasteiger partial charge in [0, 0.05) is 58.9 Å². The average molecular weight is 657 g/mol. The van der Waals surface area contributed by atoms with Crippen molar-refractivity contribution < 1.29 is 5.11 Å². The van der Waals surface area contributed by atoms with Crippen LogP contribution in [0.25, 0.3) is 0 Å². The van der Waals surface area contributed by atoms with E-state index in [0.29, 0.717) is 5.41 Å². The maximum absolute atomic E-state index is 10.2. The van der Waals surface area contributed by atoms with Crippen LogP contribution in [0.5, 0.6) is 0 Å². The number of β-amino-alcohol motifs (C(OH)–C–C–N with tert-alkyl or cyclic N) is 1. The van der Waals surface area contributed by atoms with Crippen molar-refractivity contribution in [3.63, 3.8) is 0 Å². The highest BCUT2D eigenvalue weighted by atomic mass is 16.3. The quantitative estimate of drug-likeness (QED) is 0.307. The summed E-state index contributed by atoms with van der Waals surface area (Å²) < 4.78 is 0. The van der Waals surface area contributed by atoms with E-state index in [1.807, 2.05) is 0 Å². The van der Waals surface area contributed by atoms with Crippen molar-refractivity contribution >= 4 is 0 Å². The van der Waals surface area contributed by atoms with E-state index in [-0.39, 0.29) is 6.10 Å². The molecular weight excluding hydrogens is 580 g/mol. The Bertz CT molecular complexity index is 928. The van der Waals surface area contributed by atoms with Crippen molar-refractivity contribution in [1.82, 2.24) is 29.4 Å². The summed E-state index contributed by atoms with van der Waals surface area (Å²) in [4.78, 5) is 16.2. The SMILES string of the molecule is CCCC(O)CN1CCN(CC2C[C@@]2(C)C2CCN(CC3CCN(C)CC3C3CN(CCC4CCN(C)CC4)CC[C@H]3C)CC2)CC1. The summed E-state index contributed by atoms with van der Waals surface area (Å²) in [5, 5.41) is 10.2. The van der Waals surface area contributed by atoms with E-state index in [2.05, 4.69) is 64.3 Å². The highest BCUT2D eigenvalue weighted by Gasteiger charge is 2.55. The highest BCUT2D eigenvalue weighted by molar-refractivity contribution is 5.05. The average Bonchev–Trinajstić information content (AvgIpc) is 3.73. The Balaban J connectivity index is 0.936. The summed E-state index contributed by atoms with van der Waals surface area (Å²) in [6.45, 7) is 27.6. The van der Waals surface area contributed by atoms with Crippen LogP contribution < -0.4 is 0 Å². The number of nitrogens with zero attached hydrogens (tertiary/aromatic N) is 6. The molecule has 0 amide bonds. The third-order valence-electron chi connectivity index (χ3n) is 14.9. The highest BCUT2D eigenvalue weighted by Crippen LogP contribution is 2.60. The summed E-state index contributed by atoms with van der Waals surface area (Å²) >= 11 is 0. The van der Waals surface area contributed by atoms with Crippen molar-refractivity contribution in [3.05, 3.63) is 0 Å². The van der Waals surface area contributed by atoms with Crippen molar-refractivity contribution in [3.8, 4) is 0 Å². The number of rotatable bonds is 13. The molecule has 5 saturated heterocycles. The molecule has 0 aromatic rings. The Morgan fingerprint density at radius 2 is 1.36 bits per heavy atom. The fourth-order valence-corrected chi connectivity index (χ4v) is 11.1. The van der Waals surface area contributed by atoms with Gasteiger partial charge in [0.1, 0.15) is 0 Å². The lowest BCUT2D eigenvalue weighted by atomic mass is 9.69. The molecule has 0 aromatic heterocycles. The zero-order chi connectivity index (χ0) is 33.0. The predicted molar refractivity (Wildman–Crippen MR) is 197 cm³/mol. The topological polar surface area (TPSA) is 39.7 Å². The number of aliphatic hydroxyl groups excluding tert-OH is 1. The smallest absolute Gasteiger partial charge is 0.0667 e. The van der Waals surface area contributed by atoms with Crippen molar-refractivity contribution in [2.45, 2.75) is 91.1 Å². The Kier molecular flexibility index (Phi) is 13.1. The molecule has 0 spiro atoms. The van der Waals surface area contributed by atoms with Gasteiger partial charge in [-0.2, -0.15) is 0 Å². The number of likely N-dealkylation sites (tertiary alicyclic amines) is 4. The first kappa shape index (κ1) is 36.5. The molecular formula is C40H76N6O. The van der Waals surface area contributed by atoms with E-state index in [1.165, 1.54) is 136 Å². The monoisotopic (exact) mass is 657 g/mol. The number of hydrogen-bond acceptors (Lipinski definition) is 7.